The van der Waals surface area contributed by atoms with Gasteiger partial charge < -0.3 is 5.32 Å². The van der Waals surface area contributed by atoms with Gasteiger partial charge in [-0.05, 0) is 35.5 Å². The molecule has 4 N–H and O–H groups in total. The first-order valence-corrected chi connectivity index (χ1v) is 9.06. The molecule has 0 atom stereocenters. The fourth-order valence-electron chi connectivity index (χ4n) is 1.92. The lowest BCUT2D eigenvalue weighted by Crippen LogP contribution is -2.09. The quantitative estimate of drug-likeness (QED) is 0.629. The summed E-state index contributed by atoms with van der Waals surface area (Å²) < 4.78 is 22.7. The van der Waals surface area contributed by atoms with Crippen molar-refractivity contribution in [2.45, 2.75) is 10.8 Å². The first-order valence-electron chi connectivity index (χ1n) is 6.32. The van der Waals surface area contributed by atoms with Gasteiger partial charge in [0.25, 0.3) is 0 Å². The molecule has 2 aromatic heterocycles. The second kappa shape index (κ2) is 6.24. The van der Waals surface area contributed by atoms with Crippen LogP contribution in [-0.2, 0) is 16.6 Å². The van der Waals surface area contributed by atoms with Crippen LogP contribution in [0.5, 0.6) is 0 Å². The van der Waals surface area contributed by atoms with Gasteiger partial charge in [-0.1, -0.05) is 11.6 Å². The largest absolute Gasteiger partial charge is 0.380 e. The van der Waals surface area contributed by atoms with E-state index in [4.69, 9.17) is 16.7 Å². The standard InChI is InChI=1S/C12H11ClN6O2S2/c13-7-1-3-9(12-16-18-19-17-12)10(5-7)15-6-8-2-4-11(22-8)23(14,20)21/h1-5,15H,6H2,(H2,14,20,21)(H,16,17,18,19). The van der Waals surface area contributed by atoms with Gasteiger partial charge in [0.15, 0.2) is 0 Å². The average Bonchev–Trinajstić information content (AvgIpc) is 3.16. The van der Waals surface area contributed by atoms with Crippen LogP contribution in [0.1, 0.15) is 4.88 Å². The van der Waals surface area contributed by atoms with Gasteiger partial charge in [0.05, 0.1) is 0 Å². The van der Waals surface area contributed by atoms with E-state index in [2.05, 4.69) is 25.9 Å². The van der Waals surface area contributed by atoms with Crippen molar-refractivity contribution >= 4 is 38.6 Å². The van der Waals surface area contributed by atoms with Crippen LogP contribution in [0.15, 0.2) is 34.5 Å². The summed E-state index contributed by atoms with van der Waals surface area (Å²) in [6.07, 6.45) is 0. The molecule has 0 spiro atoms. The predicted octanol–water partition coefficient (Wildman–Crippen LogP) is 1.84. The van der Waals surface area contributed by atoms with Crippen LogP contribution in [0.2, 0.25) is 5.02 Å². The zero-order valence-corrected chi connectivity index (χ0v) is 13.9. The highest BCUT2D eigenvalue weighted by Gasteiger charge is 2.13. The van der Waals surface area contributed by atoms with E-state index >= 15 is 0 Å². The molecule has 23 heavy (non-hydrogen) atoms. The van der Waals surface area contributed by atoms with Gasteiger partial charge in [-0.25, -0.2) is 13.6 Å². The lowest BCUT2D eigenvalue weighted by molar-refractivity contribution is 0.600. The minimum atomic E-state index is -3.68. The molecular formula is C12H11ClN6O2S2. The lowest BCUT2D eigenvalue weighted by Gasteiger charge is -2.09. The van der Waals surface area contributed by atoms with E-state index in [9.17, 15) is 8.42 Å². The monoisotopic (exact) mass is 370 g/mol. The number of aromatic amines is 1. The average molecular weight is 371 g/mol. The summed E-state index contributed by atoms with van der Waals surface area (Å²) >= 11 is 7.13. The van der Waals surface area contributed by atoms with Crippen molar-refractivity contribution in [2.24, 2.45) is 5.14 Å². The number of aromatic nitrogens is 4. The van der Waals surface area contributed by atoms with E-state index in [0.29, 0.717) is 23.1 Å². The molecule has 2 heterocycles. The van der Waals surface area contributed by atoms with Gasteiger partial charge in [0.1, 0.15) is 4.21 Å². The maximum atomic E-state index is 11.3. The molecule has 3 rings (SSSR count). The fraction of sp³-hybridized carbons (Fsp3) is 0.0833. The Labute approximate surface area is 140 Å². The SMILES string of the molecule is NS(=O)(=O)c1ccc(CNc2cc(Cl)ccc2-c2nn[nH]n2)s1. The highest BCUT2D eigenvalue weighted by Crippen LogP contribution is 2.29. The Morgan fingerprint density at radius 2 is 2.13 bits per heavy atom. The van der Waals surface area contributed by atoms with Crippen molar-refractivity contribution in [2.75, 3.05) is 5.32 Å². The highest BCUT2D eigenvalue weighted by molar-refractivity contribution is 7.91. The van der Waals surface area contributed by atoms with Crippen molar-refractivity contribution < 1.29 is 8.42 Å². The number of tetrazole rings is 1. The molecule has 3 aromatic rings. The molecule has 0 unspecified atom stereocenters. The van der Waals surface area contributed by atoms with Gasteiger partial charge >= 0.3 is 0 Å². The molecule has 0 fully saturated rings. The van der Waals surface area contributed by atoms with E-state index < -0.39 is 10.0 Å². The Hall–Kier alpha value is -2.01. The predicted molar refractivity (Wildman–Crippen MR) is 87.6 cm³/mol. The summed E-state index contributed by atoms with van der Waals surface area (Å²) in [5.41, 5.74) is 1.44. The Balaban J connectivity index is 1.83. The Morgan fingerprint density at radius 3 is 2.78 bits per heavy atom. The number of nitrogens with two attached hydrogens (primary N) is 1. The number of hydrogen-bond acceptors (Lipinski definition) is 7. The van der Waals surface area contributed by atoms with Gasteiger partial charge in [0, 0.05) is 27.7 Å². The number of hydrogen-bond donors (Lipinski definition) is 3. The Morgan fingerprint density at radius 1 is 1.30 bits per heavy atom. The third kappa shape index (κ3) is 3.67. The summed E-state index contributed by atoms with van der Waals surface area (Å²) in [5.74, 6) is 0.431. The number of sulfonamides is 1. The zero-order valence-electron chi connectivity index (χ0n) is 11.5. The third-order valence-corrected chi connectivity index (χ3v) is 5.70. The van der Waals surface area contributed by atoms with Crippen molar-refractivity contribution in [3.8, 4) is 11.4 Å². The Kier molecular flexibility index (Phi) is 4.31. The third-order valence-electron chi connectivity index (χ3n) is 2.94. The van der Waals surface area contributed by atoms with Gasteiger partial charge in [-0.15, -0.1) is 21.5 Å². The minimum Gasteiger partial charge on any atom is -0.380 e. The van der Waals surface area contributed by atoms with E-state index in [-0.39, 0.29) is 4.21 Å². The van der Waals surface area contributed by atoms with Crippen LogP contribution in [0.4, 0.5) is 5.69 Å². The number of halogens is 1. The van der Waals surface area contributed by atoms with Crippen molar-refractivity contribution in [1.29, 1.82) is 0 Å². The van der Waals surface area contributed by atoms with E-state index in [0.717, 1.165) is 21.8 Å². The number of nitrogens with zero attached hydrogens (tertiary/aromatic N) is 3. The second-order valence-electron chi connectivity index (χ2n) is 4.54. The van der Waals surface area contributed by atoms with Gasteiger partial charge in [0.2, 0.25) is 15.8 Å². The molecule has 0 radical (unpaired) electrons. The van der Waals surface area contributed by atoms with E-state index in [1.54, 1.807) is 24.3 Å². The molecule has 0 amide bonds. The van der Waals surface area contributed by atoms with Crippen LogP contribution in [0.3, 0.4) is 0 Å². The summed E-state index contributed by atoms with van der Waals surface area (Å²) in [6, 6.07) is 8.43. The summed E-state index contributed by atoms with van der Waals surface area (Å²) in [4.78, 5) is 0.813. The minimum absolute atomic E-state index is 0.124. The molecule has 0 saturated carbocycles. The maximum absolute atomic E-state index is 11.3. The van der Waals surface area contributed by atoms with Crippen molar-refractivity contribution in [1.82, 2.24) is 20.6 Å². The number of benzene rings is 1. The van der Waals surface area contributed by atoms with Gasteiger partial charge in [-0.3, -0.25) is 0 Å². The smallest absolute Gasteiger partial charge is 0.247 e. The summed E-state index contributed by atoms with van der Waals surface area (Å²) in [7, 11) is -3.68. The van der Waals surface area contributed by atoms with Crippen LogP contribution in [0, 0.1) is 0 Å². The van der Waals surface area contributed by atoms with Crippen LogP contribution in [0.25, 0.3) is 11.4 Å². The zero-order chi connectivity index (χ0) is 16.4. The number of nitrogens with one attached hydrogen (secondary N) is 2. The summed E-state index contributed by atoms with van der Waals surface area (Å²) in [6.45, 7) is 0.408. The lowest BCUT2D eigenvalue weighted by atomic mass is 10.1. The Bertz CT molecular complexity index is 923. The number of primary sulfonamides is 1. The molecule has 0 bridgehead atoms. The number of rotatable bonds is 5. The second-order valence-corrected chi connectivity index (χ2v) is 7.94. The number of H-pyrrole nitrogens is 1. The molecule has 11 heteroatoms. The first-order chi connectivity index (χ1) is 10.9. The highest BCUT2D eigenvalue weighted by atomic mass is 35.5. The van der Waals surface area contributed by atoms with Crippen LogP contribution < -0.4 is 10.5 Å². The molecule has 1 aromatic carbocycles. The van der Waals surface area contributed by atoms with Crippen LogP contribution >= 0.6 is 22.9 Å². The van der Waals surface area contributed by atoms with Crippen molar-refractivity contribution in [3.63, 3.8) is 0 Å². The normalized spacial score (nSPS) is 11.6. The molecule has 0 aliphatic rings. The topological polar surface area (TPSA) is 127 Å². The fourth-order valence-corrected chi connectivity index (χ4v) is 3.81. The van der Waals surface area contributed by atoms with E-state index in [1.165, 1.54) is 6.07 Å². The number of anilines is 1. The molecule has 0 aliphatic carbocycles. The molecular weight excluding hydrogens is 360 g/mol. The molecule has 120 valence electrons. The van der Waals surface area contributed by atoms with E-state index in [1.807, 2.05) is 0 Å². The maximum Gasteiger partial charge on any atom is 0.247 e. The van der Waals surface area contributed by atoms with Crippen molar-refractivity contribution in [3.05, 3.63) is 40.2 Å². The van der Waals surface area contributed by atoms with Gasteiger partial charge in [-0.2, -0.15) is 5.21 Å². The summed E-state index contributed by atoms with van der Waals surface area (Å²) in [5, 5.41) is 22.7. The van der Waals surface area contributed by atoms with Crippen LogP contribution in [-0.4, -0.2) is 29.0 Å². The molecule has 0 saturated heterocycles. The first kappa shape index (κ1) is 15.9. The molecule has 8 nitrogen and oxygen atoms in total. The number of thiophene rings is 1. The molecule has 0 aliphatic heterocycles.